The Morgan fingerprint density at radius 2 is 1.26 bits per heavy atom. The van der Waals surface area contributed by atoms with Crippen LogP contribution in [-0.2, 0) is 0 Å². The van der Waals surface area contributed by atoms with Gasteiger partial charge in [0.1, 0.15) is 0 Å². The maximum absolute atomic E-state index is 11.7. The molecule has 0 amide bonds. The van der Waals surface area contributed by atoms with E-state index in [2.05, 4.69) is 0 Å². The molecule has 0 bridgehead atoms. The monoisotopic (exact) mass is 304 g/mol. The number of carboxylic acid groups (broad SMARTS) is 1. The Morgan fingerprint density at radius 1 is 0.739 bits per heavy atom. The van der Waals surface area contributed by atoms with E-state index >= 15 is 0 Å². The van der Waals surface area contributed by atoms with Crippen LogP contribution in [0.25, 0.3) is 22.3 Å². The third-order valence-electron chi connectivity index (χ3n) is 3.72. The van der Waals surface area contributed by atoms with Crippen LogP contribution < -0.4 is 11.5 Å². The zero-order valence-corrected chi connectivity index (χ0v) is 12.4. The zero-order valence-electron chi connectivity index (χ0n) is 12.4. The smallest absolute Gasteiger partial charge is 0.336 e. The van der Waals surface area contributed by atoms with E-state index in [9.17, 15) is 9.90 Å². The van der Waals surface area contributed by atoms with Crippen LogP contribution in [0, 0.1) is 0 Å². The van der Waals surface area contributed by atoms with Gasteiger partial charge >= 0.3 is 5.97 Å². The average Bonchev–Trinajstić information content (AvgIpc) is 2.55. The first kappa shape index (κ1) is 14.7. The van der Waals surface area contributed by atoms with Crippen molar-refractivity contribution in [2.75, 3.05) is 11.5 Å². The number of carbonyl (C=O) groups is 1. The van der Waals surface area contributed by atoms with Crippen molar-refractivity contribution in [3.8, 4) is 22.3 Å². The molecular weight excluding hydrogens is 288 g/mol. The van der Waals surface area contributed by atoms with Gasteiger partial charge in [-0.1, -0.05) is 36.4 Å². The first-order valence-electron chi connectivity index (χ1n) is 7.14. The molecule has 0 radical (unpaired) electrons. The molecule has 3 aromatic carbocycles. The minimum Gasteiger partial charge on any atom is -0.478 e. The van der Waals surface area contributed by atoms with Crippen molar-refractivity contribution in [2.45, 2.75) is 0 Å². The first-order valence-corrected chi connectivity index (χ1v) is 7.14. The molecule has 0 atom stereocenters. The minimum atomic E-state index is -0.964. The molecular formula is C19H16N2O2. The van der Waals surface area contributed by atoms with Gasteiger partial charge in [0.2, 0.25) is 0 Å². The summed E-state index contributed by atoms with van der Waals surface area (Å²) < 4.78 is 0. The third-order valence-corrected chi connectivity index (χ3v) is 3.72. The molecule has 0 fully saturated rings. The Labute approximate surface area is 134 Å². The fourth-order valence-electron chi connectivity index (χ4n) is 2.59. The summed E-state index contributed by atoms with van der Waals surface area (Å²) in [5, 5.41) is 9.55. The van der Waals surface area contributed by atoms with E-state index in [1.54, 1.807) is 36.4 Å². The fourth-order valence-corrected chi connectivity index (χ4v) is 2.59. The second-order valence-corrected chi connectivity index (χ2v) is 5.28. The lowest BCUT2D eigenvalue weighted by atomic mass is 9.90. The molecule has 3 rings (SSSR count). The van der Waals surface area contributed by atoms with Crippen molar-refractivity contribution in [3.05, 3.63) is 72.3 Å². The molecule has 0 spiro atoms. The summed E-state index contributed by atoms with van der Waals surface area (Å²) in [4.78, 5) is 11.7. The zero-order chi connectivity index (χ0) is 16.4. The molecule has 5 N–H and O–H groups in total. The maximum Gasteiger partial charge on any atom is 0.336 e. The van der Waals surface area contributed by atoms with Crippen molar-refractivity contribution in [2.24, 2.45) is 0 Å². The van der Waals surface area contributed by atoms with Crippen LogP contribution >= 0.6 is 0 Å². The summed E-state index contributed by atoms with van der Waals surface area (Å²) in [5.74, 6) is -0.964. The van der Waals surface area contributed by atoms with Gasteiger partial charge in [0, 0.05) is 16.9 Å². The van der Waals surface area contributed by atoms with Gasteiger partial charge in [-0.2, -0.15) is 0 Å². The number of hydrogen-bond acceptors (Lipinski definition) is 3. The molecule has 4 heteroatoms. The summed E-state index contributed by atoms with van der Waals surface area (Å²) in [6.45, 7) is 0. The van der Waals surface area contributed by atoms with Gasteiger partial charge in [-0.05, 0) is 47.0 Å². The summed E-state index contributed by atoms with van der Waals surface area (Å²) >= 11 is 0. The lowest BCUT2D eigenvalue weighted by Crippen LogP contribution is -2.01. The van der Waals surface area contributed by atoms with E-state index in [0.717, 1.165) is 16.7 Å². The average molecular weight is 304 g/mol. The highest BCUT2D eigenvalue weighted by molar-refractivity contribution is 6.01. The molecule has 4 nitrogen and oxygen atoms in total. The van der Waals surface area contributed by atoms with Crippen LogP contribution in [0.3, 0.4) is 0 Å². The molecule has 0 aliphatic carbocycles. The summed E-state index contributed by atoms with van der Waals surface area (Å²) in [7, 11) is 0. The Kier molecular flexibility index (Phi) is 3.73. The van der Waals surface area contributed by atoms with Crippen molar-refractivity contribution < 1.29 is 9.90 Å². The van der Waals surface area contributed by atoms with E-state index < -0.39 is 5.97 Å². The Balaban J connectivity index is 2.27. The van der Waals surface area contributed by atoms with E-state index in [-0.39, 0.29) is 5.56 Å². The van der Waals surface area contributed by atoms with E-state index in [0.29, 0.717) is 16.9 Å². The van der Waals surface area contributed by atoms with Gasteiger partial charge < -0.3 is 16.6 Å². The van der Waals surface area contributed by atoms with Crippen LogP contribution in [0.2, 0.25) is 0 Å². The lowest BCUT2D eigenvalue weighted by Gasteiger charge is -2.14. The maximum atomic E-state index is 11.7. The first-order chi connectivity index (χ1) is 11.1. The number of hydrogen-bond donors (Lipinski definition) is 3. The van der Waals surface area contributed by atoms with Crippen molar-refractivity contribution in [3.63, 3.8) is 0 Å². The highest BCUT2D eigenvalue weighted by Crippen LogP contribution is 2.35. The van der Waals surface area contributed by atoms with Gasteiger partial charge in [0.25, 0.3) is 0 Å². The van der Waals surface area contributed by atoms with E-state index in [1.807, 2.05) is 30.3 Å². The number of nitrogen functional groups attached to an aromatic ring is 2. The van der Waals surface area contributed by atoms with Crippen LogP contribution in [-0.4, -0.2) is 11.1 Å². The molecule has 0 saturated carbocycles. The van der Waals surface area contributed by atoms with Crippen LogP contribution in [0.15, 0.2) is 66.7 Å². The lowest BCUT2D eigenvalue weighted by molar-refractivity contribution is 0.0698. The van der Waals surface area contributed by atoms with Gasteiger partial charge in [-0.25, -0.2) is 4.79 Å². The minimum absolute atomic E-state index is 0.254. The number of carboxylic acids is 1. The summed E-state index contributed by atoms with van der Waals surface area (Å²) in [6.07, 6.45) is 0. The van der Waals surface area contributed by atoms with Gasteiger partial charge in [-0.15, -0.1) is 0 Å². The van der Waals surface area contributed by atoms with Crippen molar-refractivity contribution in [1.82, 2.24) is 0 Å². The highest BCUT2D eigenvalue weighted by Gasteiger charge is 2.16. The topological polar surface area (TPSA) is 89.3 Å². The second kappa shape index (κ2) is 5.85. The Morgan fingerprint density at radius 3 is 1.78 bits per heavy atom. The summed E-state index contributed by atoms with van der Waals surface area (Å²) in [5.41, 5.74) is 16.3. The number of benzene rings is 3. The SMILES string of the molecule is Nc1ccc(-c2cccc(C(=O)O)c2-c2ccc(N)cc2)cc1. The van der Waals surface area contributed by atoms with Crippen LogP contribution in [0.1, 0.15) is 10.4 Å². The van der Waals surface area contributed by atoms with Crippen LogP contribution in [0.5, 0.6) is 0 Å². The predicted molar refractivity (Wildman–Crippen MR) is 93.1 cm³/mol. The molecule has 0 aromatic heterocycles. The molecule has 0 aliphatic rings. The quantitative estimate of drug-likeness (QED) is 0.640. The summed E-state index contributed by atoms with van der Waals surface area (Å²) in [6, 6.07) is 19.8. The van der Waals surface area contributed by atoms with Gasteiger partial charge in [0.05, 0.1) is 5.56 Å². The normalized spacial score (nSPS) is 10.4. The van der Waals surface area contributed by atoms with Crippen molar-refractivity contribution >= 4 is 17.3 Å². The third kappa shape index (κ3) is 2.87. The number of rotatable bonds is 3. The molecule has 0 heterocycles. The Bertz CT molecular complexity index is 854. The van der Waals surface area contributed by atoms with Crippen molar-refractivity contribution in [1.29, 1.82) is 0 Å². The number of nitrogens with two attached hydrogens (primary N) is 2. The molecule has 3 aromatic rings. The molecule has 23 heavy (non-hydrogen) atoms. The van der Waals surface area contributed by atoms with E-state index in [1.165, 1.54) is 0 Å². The molecule has 0 aliphatic heterocycles. The molecule has 114 valence electrons. The van der Waals surface area contributed by atoms with Gasteiger partial charge in [0.15, 0.2) is 0 Å². The molecule has 0 saturated heterocycles. The highest BCUT2D eigenvalue weighted by atomic mass is 16.4. The molecule has 0 unspecified atom stereocenters. The van der Waals surface area contributed by atoms with Crippen LogP contribution in [0.4, 0.5) is 11.4 Å². The Hall–Kier alpha value is -3.27. The standard InChI is InChI=1S/C19H16N2O2/c20-14-8-4-12(5-9-14)16-2-1-3-17(19(22)23)18(16)13-6-10-15(21)11-7-13/h1-11H,20-21H2,(H,22,23). The second-order valence-electron chi connectivity index (χ2n) is 5.28. The van der Waals surface area contributed by atoms with E-state index in [4.69, 9.17) is 11.5 Å². The number of aromatic carboxylic acids is 1. The largest absolute Gasteiger partial charge is 0.478 e. The fraction of sp³-hybridized carbons (Fsp3) is 0. The predicted octanol–water partition coefficient (Wildman–Crippen LogP) is 3.88. The number of anilines is 2. The van der Waals surface area contributed by atoms with Gasteiger partial charge in [-0.3, -0.25) is 0 Å².